The number of rotatable bonds is 10. The quantitative estimate of drug-likeness (QED) is 0.204. The molecule has 2 saturated heterocycles. The summed E-state index contributed by atoms with van der Waals surface area (Å²) in [4.78, 5) is 17.0. The lowest BCUT2D eigenvalue weighted by Crippen LogP contribution is -2.44. The highest BCUT2D eigenvalue weighted by atomic mass is 19.2. The van der Waals surface area contributed by atoms with Gasteiger partial charge in [-0.3, -0.25) is 14.6 Å². The molecule has 2 atom stereocenters. The van der Waals surface area contributed by atoms with Crippen LogP contribution in [0.5, 0.6) is 0 Å². The van der Waals surface area contributed by atoms with E-state index < -0.39 is 29.2 Å². The van der Waals surface area contributed by atoms with Gasteiger partial charge in [0.2, 0.25) is 0 Å². The number of aliphatic hydroxyl groups is 1. The fraction of sp³-hybridized carbons (Fsp3) is 0.378. The van der Waals surface area contributed by atoms with Crippen LogP contribution in [0.2, 0.25) is 0 Å². The van der Waals surface area contributed by atoms with Crippen molar-refractivity contribution in [3.8, 4) is 0 Å². The fourth-order valence-electron chi connectivity index (χ4n) is 7.17. The average Bonchev–Trinajstić information content (AvgIpc) is 3.50. The number of fused-ring (bicyclic) bond motifs is 1. The highest BCUT2D eigenvalue weighted by Crippen LogP contribution is 2.36. The van der Waals surface area contributed by atoms with Crippen molar-refractivity contribution >= 4 is 16.7 Å². The van der Waals surface area contributed by atoms with Gasteiger partial charge in [-0.1, -0.05) is 72.8 Å². The van der Waals surface area contributed by atoms with Gasteiger partial charge >= 0.3 is 5.97 Å². The molecule has 0 unspecified atom stereocenters. The Bertz CT molecular complexity index is 1610. The number of hydrogen-bond acceptors (Lipinski definition) is 4. The summed E-state index contributed by atoms with van der Waals surface area (Å²) in [6.07, 6.45) is 4.28. The molecule has 6 rings (SSSR count). The molecule has 0 spiro atoms. The molecule has 0 bridgehead atoms. The number of nitrogens with zero attached hydrogens (tertiary/aromatic N) is 2. The van der Waals surface area contributed by atoms with E-state index >= 15 is 0 Å². The lowest BCUT2D eigenvalue weighted by molar-refractivity contribution is -0.143. The third-order valence-electron chi connectivity index (χ3n) is 9.64. The van der Waals surface area contributed by atoms with Gasteiger partial charge < -0.3 is 10.2 Å². The maximum absolute atomic E-state index is 13.5. The van der Waals surface area contributed by atoms with Gasteiger partial charge in [0.25, 0.3) is 0 Å². The monoisotopic (exact) mass is 598 g/mol. The number of aliphatic carboxylic acids is 1. The number of benzene rings is 4. The molecule has 0 amide bonds. The van der Waals surface area contributed by atoms with Crippen LogP contribution in [0, 0.1) is 11.6 Å². The zero-order valence-corrected chi connectivity index (χ0v) is 25.0. The third kappa shape index (κ3) is 6.85. The zero-order valence-electron chi connectivity index (χ0n) is 25.0. The molecule has 4 aromatic rings. The number of carboxylic acid groups (broad SMARTS) is 1. The first-order valence-electron chi connectivity index (χ1n) is 15.7. The second kappa shape index (κ2) is 13.1. The van der Waals surface area contributed by atoms with Gasteiger partial charge in [-0.2, -0.15) is 0 Å². The minimum absolute atomic E-state index is 0.271. The summed E-state index contributed by atoms with van der Waals surface area (Å²) < 4.78 is 26.7. The molecular formula is C37H40F2N2O3. The summed E-state index contributed by atoms with van der Waals surface area (Å²) >= 11 is 0. The van der Waals surface area contributed by atoms with E-state index in [4.69, 9.17) is 0 Å². The Morgan fingerprint density at radius 1 is 0.886 bits per heavy atom. The number of hydrogen-bond donors (Lipinski definition) is 2. The third-order valence-corrected chi connectivity index (χ3v) is 9.64. The summed E-state index contributed by atoms with van der Waals surface area (Å²) in [5.74, 6) is -2.20. The maximum Gasteiger partial charge on any atom is 0.325 e. The van der Waals surface area contributed by atoms with Crippen molar-refractivity contribution in [3.05, 3.63) is 119 Å². The first kappa shape index (κ1) is 30.4. The van der Waals surface area contributed by atoms with Crippen molar-refractivity contribution in [3.63, 3.8) is 0 Å². The fourth-order valence-corrected chi connectivity index (χ4v) is 7.17. The second-order valence-electron chi connectivity index (χ2n) is 12.6. The van der Waals surface area contributed by atoms with Crippen LogP contribution in [0.4, 0.5) is 8.78 Å². The van der Waals surface area contributed by atoms with E-state index in [1.165, 1.54) is 17.2 Å². The van der Waals surface area contributed by atoms with Crippen molar-refractivity contribution < 1.29 is 23.8 Å². The van der Waals surface area contributed by atoms with Crippen molar-refractivity contribution in [1.29, 1.82) is 0 Å². The van der Waals surface area contributed by atoms with Crippen LogP contribution in [0.1, 0.15) is 66.3 Å². The Morgan fingerprint density at radius 2 is 1.66 bits per heavy atom. The van der Waals surface area contributed by atoms with Gasteiger partial charge in [0.05, 0.1) is 5.60 Å². The summed E-state index contributed by atoms with van der Waals surface area (Å²) in [5, 5.41) is 23.5. The molecule has 7 heteroatoms. The predicted molar refractivity (Wildman–Crippen MR) is 168 cm³/mol. The van der Waals surface area contributed by atoms with Crippen molar-refractivity contribution in [2.75, 3.05) is 26.2 Å². The molecule has 2 heterocycles. The number of halogens is 2. The van der Waals surface area contributed by atoms with Gasteiger partial charge in [-0.15, -0.1) is 0 Å². The number of likely N-dealkylation sites (tertiary alicyclic amines) is 2. The van der Waals surface area contributed by atoms with Crippen LogP contribution in [-0.4, -0.2) is 57.8 Å². The minimum Gasteiger partial charge on any atom is -0.480 e. The van der Waals surface area contributed by atoms with Crippen LogP contribution in [0.15, 0.2) is 84.9 Å². The molecule has 2 N–H and O–H groups in total. The minimum atomic E-state index is -0.834. The molecule has 2 aliphatic rings. The largest absolute Gasteiger partial charge is 0.480 e. The van der Waals surface area contributed by atoms with E-state index in [2.05, 4.69) is 34.1 Å². The lowest BCUT2D eigenvalue weighted by Gasteiger charge is -2.38. The molecular weight excluding hydrogens is 558 g/mol. The molecule has 230 valence electrons. The number of carboxylic acids is 1. The number of aryl methyl sites for hydroxylation is 1. The Kier molecular flexibility index (Phi) is 9.08. The standard InChI is InChI=1S/C37H40F2N2O3/c38-33-14-13-26(23-34(33)39)7-5-16-37(44)17-20-40(21-18-37)24-27-6-3-10-29(22-27)30-15-19-41(25-30)35(36(42)43)32-12-4-9-28-8-1-2-11-31(28)32/h1-4,6,8-14,22-23,30,35,44H,5,7,15-21,24-25H2,(H,42,43)/t30-,35-/m1/s1. The highest BCUT2D eigenvalue weighted by Gasteiger charge is 2.35. The second-order valence-corrected chi connectivity index (χ2v) is 12.6. The molecule has 44 heavy (non-hydrogen) atoms. The number of piperidine rings is 1. The van der Waals surface area contributed by atoms with Crippen molar-refractivity contribution in [1.82, 2.24) is 9.80 Å². The van der Waals surface area contributed by atoms with E-state index in [9.17, 15) is 23.8 Å². The zero-order chi connectivity index (χ0) is 30.7. The topological polar surface area (TPSA) is 64.0 Å². The Morgan fingerprint density at radius 3 is 2.45 bits per heavy atom. The van der Waals surface area contributed by atoms with Crippen LogP contribution in [-0.2, 0) is 17.8 Å². The highest BCUT2D eigenvalue weighted by molar-refractivity contribution is 5.90. The van der Waals surface area contributed by atoms with Gasteiger partial charge in [0.1, 0.15) is 6.04 Å². The SMILES string of the molecule is O=C(O)[C@@H](c1cccc2ccccc12)N1CC[C@@H](c2cccc(CN3CCC(O)(CCCc4ccc(F)c(F)c4)CC3)c2)C1. The molecule has 2 aliphatic heterocycles. The summed E-state index contributed by atoms with van der Waals surface area (Å²) in [5.41, 5.74) is 3.35. The first-order valence-corrected chi connectivity index (χ1v) is 15.7. The van der Waals surface area contributed by atoms with E-state index in [0.717, 1.165) is 67.0 Å². The van der Waals surface area contributed by atoms with Crippen LogP contribution >= 0.6 is 0 Å². The molecule has 2 fully saturated rings. The molecule has 0 aliphatic carbocycles. The molecule has 4 aromatic carbocycles. The van der Waals surface area contributed by atoms with E-state index in [1.807, 2.05) is 42.5 Å². The van der Waals surface area contributed by atoms with Crippen LogP contribution in [0.25, 0.3) is 10.8 Å². The van der Waals surface area contributed by atoms with Gasteiger partial charge in [0.15, 0.2) is 11.6 Å². The summed E-state index contributed by atoms with van der Waals surface area (Å²) in [6, 6.07) is 25.9. The maximum atomic E-state index is 13.5. The van der Waals surface area contributed by atoms with Crippen LogP contribution in [0.3, 0.4) is 0 Å². The van der Waals surface area contributed by atoms with Gasteiger partial charge in [0, 0.05) is 26.2 Å². The molecule has 5 nitrogen and oxygen atoms in total. The smallest absolute Gasteiger partial charge is 0.325 e. The van der Waals surface area contributed by atoms with E-state index in [-0.39, 0.29) is 5.92 Å². The summed E-state index contributed by atoms with van der Waals surface area (Å²) in [7, 11) is 0. The summed E-state index contributed by atoms with van der Waals surface area (Å²) in [6.45, 7) is 3.84. The van der Waals surface area contributed by atoms with Gasteiger partial charge in [-0.25, -0.2) is 8.78 Å². The Hall–Kier alpha value is -3.65. The normalized spacial score (nSPS) is 19.8. The molecule has 0 aromatic heterocycles. The molecule has 0 radical (unpaired) electrons. The van der Waals surface area contributed by atoms with E-state index in [1.54, 1.807) is 6.07 Å². The van der Waals surface area contributed by atoms with Gasteiger partial charge in [-0.05, 0) is 96.1 Å². The molecule has 0 saturated carbocycles. The Labute approximate surface area is 257 Å². The van der Waals surface area contributed by atoms with Crippen LogP contribution < -0.4 is 0 Å². The Balaban J connectivity index is 1.04. The number of carbonyl (C=O) groups is 1. The van der Waals surface area contributed by atoms with E-state index in [0.29, 0.717) is 32.2 Å². The lowest BCUT2D eigenvalue weighted by atomic mass is 9.85. The predicted octanol–water partition coefficient (Wildman–Crippen LogP) is 7.08. The van der Waals surface area contributed by atoms with Crippen molar-refractivity contribution in [2.45, 2.75) is 62.6 Å². The van der Waals surface area contributed by atoms with Crippen molar-refractivity contribution in [2.24, 2.45) is 0 Å². The average molecular weight is 599 g/mol. The first-order chi connectivity index (χ1) is 21.3.